The molecule has 1 atom stereocenters. The molecule has 0 aromatic heterocycles. The minimum absolute atomic E-state index is 0.0499. The lowest BCUT2D eigenvalue weighted by atomic mass is 10.1. The summed E-state index contributed by atoms with van der Waals surface area (Å²) in [5, 5.41) is 21.7. The maximum Gasteiger partial charge on any atom is 0.115 e. The number of hydrogen-bond donors (Lipinski definition) is 2. The van der Waals surface area contributed by atoms with Gasteiger partial charge in [-0.2, -0.15) is 5.26 Å². The van der Waals surface area contributed by atoms with Crippen LogP contribution in [0.4, 0.5) is 5.69 Å². The lowest BCUT2D eigenvalue weighted by Gasteiger charge is -2.17. The third-order valence-corrected chi connectivity index (χ3v) is 3.36. The smallest absolute Gasteiger partial charge is 0.115 e. The molecule has 2 rings (SSSR count). The Morgan fingerprint density at radius 3 is 2.53 bits per heavy atom. The number of benzene rings is 2. The molecule has 96 valence electrons. The molecule has 2 aromatic carbocycles. The zero-order chi connectivity index (χ0) is 13.8. The van der Waals surface area contributed by atoms with Crippen molar-refractivity contribution >= 4 is 21.6 Å². The molecule has 0 radical (unpaired) electrons. The summed E-state index contributed by atoms with van der Waals surface area (Å²) in [6.07, 6.45) is 0. The highest BCUT2D eigenvalue weighted by atomic mass is 79.9. The molecule has 2 aromatic rings. The van der Waals surface area contributed by atoms with Crippen LogP contribution in [0.3, 0.4) is 0 Å². The molecule has 0 saturated heterocycles. The van der Waals surface area contributed by atoms with Crippen molar-refractivity contribution < 1.29 is 5.11 Å². The van der Waals surface area contributed by atoms with Gasteiger partial charge in [0.2, 0.25) is 0 Å². The zero-order valence-electron chi connectivity index (χ0n) is 10.4. The summed E-state index contributed by atoms with van der Waals surface area (Å²) in [4.78, 5) is 0. The van der Waals surface area contributed by atoms with Gasteiger partial charge in [-0.25, -0.2) is 0 Å². The first kappa shape index (κ1) is 13.4. The van der Waals surface area contributed by atoms with Crippen molar-refractivity contribution in [2.24, 2.45) is 0 Å². The fraction of sp³-hybridized carbons (Fsp3) is 0.133. The molecule has 2 N–H and O–H groups in total. The molecule has 0 heterocycles. The number of aromatic hydroxyl groups is 1. The molecule has 1 unspecified atom stereocenters. The number of hydrogen-bond acceptors (Lipinski definition) is 3. The monoisotopic (exact) mass is 316 g/mol. The number of phenols is 1. The van der Waals surface area contributed by atoms with Crippen molar-refractivity contribution in [1.29, 1.82) is 5.26 Å². The van der Waals surface area contributed by atoms with E-state index in [1.165, 1.54) is 0 Å². The number of nitriles is 1. The van der Waals surface area contributed by atoms with Crippen LogP contribution < -0.4 is 5.32 Å². The van der Waals surface area contributed by atoms with Gasteiger partial charge in [0, 0.05) is 10.5 Å². The van der Waals surface area contributed by atoms with Crippen LogP contribution in [-0.2, 0) is 0 Å². The molecular formula is C15H13BrN2O. The highest BCUT2D eigenvalue weighted by Crippen LogP contribution is 2.25. The van der Waals surface area contributed by atoms with Crippen LogP contribution >= 0.6 is 15.9 Å². The molecule has 0 bridgehead atoms. The predicted molar refractivity (Wildman–Crippen MR) is 79.0 cm³/mol. The molecule has 19 heavy (non-hydrogen) atoms. The van der Waals surface area contributed by atoms with Gasteiger partial charge in [-0.3, -0.25) is 0 Å². The van der Waals surface area contributed by atoms with E-state index in [0.29, 0.717) is 5.56 Å². The van der Waals surface area contributed by atoms with Crippen molar-refractivity contribution in [1.82, 2.24) is 0 Å². The van der Waals surface area contributed by atoms with E-state index in [1.807, 2.05) is 31.2 Å². The second-order valence-electron chi connectivity index (χ2n) is 4.26. The summed E-state index contributed by atoms with van der Waals surface area (Å²) in [7, 11) is 0. The van der Waals surface area contributed by atoms with Gasteiger partial charge in [-0.05, 0) is 42.8 Å². The number of phenolic OH excluding ortho intramolecular Hbond substituents is 1. The Morgan fingerprint density at radius 1 is 1.21 bits per heavy atom. The molecule has 0 fully saturated rings. The lowest BCUT2D eigenvalue weighted by molar-refractivity contribution is 0.475. The molecule has 0 aliphatic rings. The highest BCUT2D eigenvalue weighted by Gasteiger charge is 2.08. The van der Waals surface area contributed by atoms with Gasteiger partial charge in [0.1, 0.15) is 11.8 Å². The number of halogens is 1. The van der Waals surface area contributed by atoms with E-state index in [1.54, 1.807) is 18.2 Å². The summed E-state index contributed by atoms with van der Waals surface area (Å²) in [6.45, 7) is 2.01. The summed E-state index contributed by atoms with van der Waals surface area (Å²) in [5.41, 5.74) is 2.44. The SMILES string of the molecule is CC(Nc1ccc(Br)cc1C#N)c1ccc(O)cc1. The van der Waals surface area contributed by atoms with Crippen LogP contribution in [-0.4, -0.2) is 5.11 Å². The molecule has 4 heteroatoms. The standard InChI is InChI=1S/C15H13BrN2O/c1-10(11-2-5-14(19)6-3-11)18-15-7-4-13(16)8-12(15)9-17/h2-8,10,18-19H,1H3. The van der Waals surface area contributed by atoms with E-state index in [9.17, 15) is 5.11 Å². The first-order valence-electron chi connectivity index (χ1n) is 5.85. The second-order valence-corrected chi connectivity index (χ2v) is 5.17. The molecule has 0 aliphatic carbocycles. The topological polar surface area (TPSA) is 56.0 Å². The fourth-order valence-electron chi connectivity index (χ4n) is 1.81. The molecule has 0 spiro atoms. The minimum atomic E-state index is 0.0499. The van der Waals surface area contributed by atoms with Gasteiger partial charge in [-0.15, -0.1) is 0 Å². The fourth-order valence-corrected chi connectivity index (χ4v) is 2.18. The molecule has 0 aliphatic heterocycles. The van der Waals surface area contributed by atoms with E-state index in [4.69, 9.17) is 5.26 Å². The van der Waals surface area contributed by atoms with Crippen LogP contribution in [0.1, 0.15) is 24.1 Å². The van der Waals surface area contributed by atoms with Gasteiger partial charge >= 0.3 is 0 Å². The quantitative estimate of drug-likeness (QED) is 0.892. The number of nitrogens with one attached hydrogen (secondary N) is 1. The Bertz CT molecular complexity index is 617. The van der Waals surface area contributed by atoms with Gasteiger partial charge < -0.3 is 10.4 Å². The maximum absolute atomic E-state index is 9.27. The van der Waals surface area contributed by atoms with Crippen LogP contribution in [0, 0.1) is 11.3 Å². The molecular weight excluding hydrogens is 304 g/mol. The number of nitrogens with zero attached hydrogens (tertiary/aromatic N) is 1. The van der Waals surface area contributed by atoms with E-state index < -0.39 is 0 Å². The molecule has 3 nitrogen and oxygen atoms in total. The van der Waals surface area contributed by atoms with E-state index in [2.05, 4.69) is 27.3 Å². The van der Waals surface area contributed by atoms with Crippen LogP contribution in [0.2, 0.25) is 0 Å². The normalized spacial score (nSPS) is 11.6. The summed E-state index contributed by atoms with van der Waals surface area (Å²) in [6, 6.07) is 14.8. The first-order valence-corrected chi connectivity index (χ1v) is 6.64. The summed E-state index contributed by atoms with van der Waals surface area (Å²) >= 11 is 3.35. The maximum atomic E-state index is 9.27. The molecule has 0 amide bonds. The minimum Gasteiger partial charge on any atom is -0.508 e. The third-order valence-electron chi connectivity index (χ3n) is 2.87. The average Bonchev–Trinajstić information content (AvgIpc) is 2.41. The van der Waals surface area contributed by atoms with Gasteiger partial charge in [-0.1, -0.05) is 28.1 Å². The number of anilines is 1. The summed E-state index contributed by atoms with van der Waals surface area (Å²) < 4.78 is 0.881. The van der Waals surface area contributed by atoms with Gasteiger partial charge in [0.05, 0.1) is 11.3 Å². The Morgan fingerprint density at radius 2 is 1.89 bits per heavy atom. The van der Waals surface area contributed by atoms with Crippen LogP contribution in [0.5, 0.6) is 5.75 Å². The van der Waals surface area contributed by atoms with Crippen molar-refractivity contribution in [3.05, 3.63) is 58.1 Å². The first-order chi connectivity index (χ1) is 9.10. The lowest BCUT2D eigenvalue weighted by Crippen LogP contribution is -2.07. The van der Waals surface area contributed by atoms with Gasteiger partial charge in [0.25, 0.3) is 0 Å². The Kier molecular flexibility index (Phi) is 4.08. The van der Waals surface area contributed by atoms with Gasteiger partial charge in [0.15, 0.2) is 0 Å². The van der Waals surface area contributed by atoms with E-state index in [0.717, 1.165) is 15.7 Å². The van der Waals surface area contributed by atoms with E-state index >= 15 is 0 Å². The Hall–Kier alpha value is -1.99. The average molecular weight is 317 g/mol. The highest BCUT2D eigenvalue weighted by molar-refractivity contribution is 9.10. The number of rotatable bonds is 3. The van der Waals surface area contributed by atoms with Crippen molar-refractivity contribution in [2.75, 3.05) is 5.32 Å². The van der Waals surface area contributed by atoms with Crippen LogP contribution in [0.25, 0.3) is 0 Å². The third kappa shape index (κ3) is 3.27. The largest absolute Gasteiger partial charge is 0.508 e. The van der Waals surface area contributed by atoms with Crippen molar-refractivity contribution in [2.45, 2.75) is 13.0 Å². The predicted octanol–water partition coefficient (Wildman–Crippen LogP) is 4.20. The van der Waals surface area contributed by atoms with Crippen LogP contribution in [0.15, 0.2) is 46.9 Å². The zero-order valence-corrected chi connectivity index (χ0v) is 12.0. The van der Waals surface area contributed by atoms with Crippen molar-refractivity contribution in [3.8, 4) is 11.8 Å². The van der Waals surface area contributed by atoms with Crippen molar-refractivity contribution in [3.63, 3.8) is 0 Å². The summed E-state index contributed by atoms with van der Waals surface area (Å²) in [5.74, 6) is 0.248. The Labute approximate surface area is 120 Å². The second kappa shape index (κ2) is 5.77. The van der Waals surface area contributed by atoms with E-state index in [-0.39, 0.29) is 11.8 Å². The molecule has 0 saturated carbocycles. The Balaban J connectivity index is 2.21.